The first-order chi connectivity index (χ1) is 37.7. The maximum absolute atomic E-state index is 13.6. The summed E-state index contributed by atoms with van der Waals surface area (Å²) in [6.07, 6.45) is 7.48. The molecule has 12 heteroatoms. The molecule has 0 fully saturated rings. The lowest BCUT2D eigenvalue weighted by atomic mass is 9.79. The summed E-state index contributed by atoms with van der Waals surface area (Å²) in [6.45, 7) is 34.0. The number of unbranched alkanes of at least 4 members (excludes halogenated alkanes) is 4. The maximum Gasteiger partial charge on any atom is 0.344 e. The zero-order valence-electron chi connectivity index (χ0n) is 51.7. The van der Waals surface area contributed by atoms with Crippen molar-refractivity contribution >= 4 is 23.9 Å². The van der Waals surface area contributed by atoms with Gasteiger partial charge in [-0.2, -0.15) is 0 Å². The molecule has 0 saturated heterocycles. The van der Waals surface area contributed by atoms with Gasteiger partial charge in [0.15, 0.2) is 26.4 Å². The Morgan fingerprint density at radius 1 is 0.312 bits per heavy atom. The van der Waals surface area contributed by atoms with Gasteiger partial charge in [0.1, 0.15) is 23.0 Å². The van der Waals surface area contributed by atoms with Crippen molar-refractivity contribution < 1.29 is 57.1 Å². The van der Waals surface area contributed by atoms with Crippen LogP contribution in [0.3, 0.4) is 0 Å². The zero-order chi connectivity index (χ0) is 59.0. The molecule has 0 saturated carbocycles. The van der Waals surface area contributed by atoms with Gasteiger partial charge in [0.2, 0.25) is 0 Å². The van der Waals surface area contributed by atoms with E-state index in [0.29, 0.717) is 23.0 Å². The van der Waals surface area contributed by atoms with Crippen molar-refractivity contribution in [3.63, 3.8) is 0 Å². The molecule has 0 N–H and O–H groups in total. The number of hydrogen-bond donors (Lipinski definition) is 0. The molecule has 0 atom stereocenters. The van der Waals surface area contributed by atoms with Crippen molar-refractivity contribution in [1.82, 2.24) is 0 Å². The van der Waals surface area contributed by atoms with Gasteiger partial charge in [-0.25, -0.2) is 19.2 Å². The SMILES string of the molecule is CCCCOC(=O)COc1c2cc(C(C)(C)C)cc1Cc1cc(C(C)(C)C)cc(c1OCC(=O)OCCCC)Cc1cc(C(C)(C)C)cc(c1OCC(=O)OCCCC)Cc1cc(C(C)(C)C)cc(c1OCC(=O)OCCCC)C2. The van der Waals surface area contributed by atoms with Crippen LogP contribution >= 0.6 is 0 Å². The highest BCUT2D eigenvalue weighted by atomic mass is 16.6. The first-order valence-corrected chi connectivity index (χ1v) is 29.4. The van der Waals surface area contributed by atoms with E-state index in [1.165, 1.54) is 0 Å². The number of esters is 4. The largest absolute Gasteiger partial charge is 0.481 e. The van der Waals surface area contributed by atoms with Crippen molar-refractivity contribution in [3.8, 4) is 23.0 Å². The Bertz CT molecular complexity index is 2270. The van der Waals surface area contributed by atoms with Crippen molar-refractivity contribution in [1.29, 1.82) is 0 Å². The Morgan fingerprint density at radius 3 is 0.613 bits per heavy atom. The van der Waals surface area contributed by atoms with E-state index in [2.05, 4.69) is 132 Å². The summed E-state index contributed by atoms with van der Waals surface area (Å²) in [5.41, 5.74) is 9.09. The van der Waals surface area contributed by atoms with Gasteiger partial charge >= 0.3 is 23.9 Å². The highest BCUT2D eigenvalue weighted by Crippen LogP contribution is 2.44. The van der Waals surface area contributed by atoms with E-state index >= 15 is 0 Å². The Kier molecular flexibility index (Phi) is 23.6. The van der Waals surface area contributed by atoms with Crippen molar-refractivity contribution in [3.05, 3.63) is 115 Å². The van der Waals surface area contributed by atoms with Crippen molar-refractivity contribution in [2.75, 3.05) is 52.9 Å². The van der Waals surface area contributed by atoms with E-state index in [9.17, 15) is 19.2 Å². The van der Waals surface area contributed by atoms with Gasteiger partial charge in [-0.1, -0.05) is 185 Å². The molecule has 80 heavy (non-hydrogen) atoms. The highest BCUT2D eigenvalue weighted by molar-refractivity contribution is 5.73. The summed E-state index contributed by atoms with van der Waals surface area (Å²) in [5, 5.41) is 0. The average Bonchev–Trinajstić information content (AvgIpc) is 3.36. The normalized spacial score (nSPS) is 12.8. The van der Waals surface area contributed by atoms with Crippen LogP contribution in [0, 0.1) is 0 Å². The number of rotatable bonds is 24. The van der Waals surface area contributed by atoms with Crippen LogP contribution in [0.2, 0.25) is 0 Å². The number of carbonyl (C=O) groups is 4. The Labute approximate surface area is 479 Å². The Balaban J connectivity index is 1.99. The van der Waals surface area contributed by atoms with Crippen LogP contribution in [0.15, 0.2) is 48.5 Å². The van der Waals surface area contributed by atoms with E-state index in [1.807, 2.05) is 27.7 Å². The molecule has 0 aromatic heterocycles. The molecular formula is C68H96O12. The predicted molar refractivity (Wildman–Crippen MR) is 317 cm³/mol. The van der Waals surface area contributed by atoms with E-state index in [4.69, 9.17) is 37.9 Å². The molecule has 12 nitrogen and oxygen atoms in total. The van der Waals surface area contributed by atoms with Crippen LogP contribution in [0.25, 0.3) is 0 Å². The summed E-state index contributed by atoms with van der Waals surface area (Å²) in [4.78, 5) is 54.4. The third kappa shape index (κ3) is 19.0. The molecule has 0 heterocycles. The van der Waals surface area contributed by atoms with Gasteiger partial charge in [-0.3, -0.25) is 0 Å². The van der Waals surface area contributed by atoms with Crippen LogP contribution < -0.4 is 18.9 Å². The molecule has 4 aromatic carbocycles. The minimum Gasteiger partial charge on any atom is -0.481 e. The summed E-state index contributed by atoms with van der Waals surface area (Å²) < 4.78 is 50.0. The van der Waals surface area contributed by atoms with Gasteiger partial charge in [0.05, 0.1) is 26.4 Å². The number of carbonyl (C=O) groups excluding carboxylic acids is 4. The van der Waals surface area contributed by atoms with E-state index in [0.717, 1.165) is 118 Å². The lowest BCUT2D eigenvalue weighted by Crippen LogP contribution is -2.21. The molecule has 1 aliphatic rings. The monoisotopic (exact) mass is 1100 g/mol. The van der Waals surface area contributed by atoms with Gasteiger partial charge < -0.3 is 37.9 Å². The summed E-state index contributed by atoms with van der Waals surface area (Å²) in [7, 11) is 0. The Morgan fingerprint density at radius 2 is 0.475 bits per heavy atom. The number of hydrogen-bond acceptors (Lipinski definition) is 12. The molecule has 440 valence electrons. The molecule has 0 aliphatic heterocycles. The van der Waals surface area contributed by atoms with Gasteiger partial charge in [0.25, 0.3) is 0 Å². The summed E-state index contributed by atoms with van der Waals surface area (Å²) in [6, 6.07) is 17.2. The second-order valence-electron chi connectivity index (χ2n) is 25.7. The van der Waals surface area contributed by atoms with E-state index in [-0.39, 0.29) is 100 Å². The Hall–Kier alpha value is -6.04. The molecule has 0 unspecified atom stereocenters. The molecule has 0 radical (unpaired) electrons. The minimum atomic E-state index is -0.481. The lowest BCUT2D eigenvalue weighted by molar-refractivity contribution is -0.147. The van der Waals surface area contributed by atoms with Crippen molar-refractivity contribution in [2.45, 2.75) is 209 Å². The first kappa shape index (κ1) is 64.8. The fraction of sp³-hybridized carbons (Fsp3) is 0.588. The molecule has 0 amide bonds. The molecule has 4 aromatic rings. The van der Waals surface area contributed by atoms with E-state index in [1.54, 1.807) is 0 Å². The van der Waals surface area contributed by atoms with Crippen LogP contribution in [0.5, 0.6) is 23.0 Å². The fourth-order valence-corrected chi connectivity index (χ4v) is 9.37. The average molecular weight is 1110 g/mol. The van der Waals surface area contributed by atoms with Crippen LogP contribution in [0.4, 0.5) is 0 Å². The molecule has 0 spiro atoms. The second kappa shape index (κ2) is 29.1. The van der Waals surface area contributed by atoms with Crippen LogP contribution in [-0.4, -0.2) is 76.7 Å². The van der Waals surface area contributed by atoms with Gasteiger partial charge in [-0.05, 0) is 114 Å². The number of fused-ring (bicyclic) bond motifs is 8. The zero-order valence-corrected chi connectivity index (χ0v) is 51.7. The molecule has 8 bridgehead atoms. The standard InChI is InChI=1S/C68H96O12/c1-17-21-25-73-57(69)41-77-61-45-29-47-35-54(66(8,9)10)37-49(62(47)78-42-58(70)74-26-22-18-2)31-51-39-56(68(14,15)16)40-52(64(51)80-44-60(72)76-28-24-20-4)32-50-38-55(67(11,12)13)36-48(30-46(61)34-53(33-45)65(5,6)7)63(50)79-43-59(71)75-27-23-19-3/h33-40H,17-32,41-44H2,1-16H3. The molecule has 1 aliphatic carbocycles. The smallest absolute Gasteiger partial charge is 0.344 e. The van der Waals surface area contributed by atoms with Crippen LogP contribution in [0.1, 0.15) is 229 Å². The fourth-order valence-electron chi connectivity index (χ4n) is 9.37. The van der Waals surface area contributed by atoms with Crippen molar-refractivity contribution in [2.24, 2.45) is 0 Å². The summed E-state index contributed by atoms with van der Waals surface area (Å²) in [5.74, 6) is 0.130. The topological polar surface area (TPSA) is 142 Å². The van der Waals surface area contributed by atoms with Crippen LogP contribution in [-0.2, 0) is 85.5 Å². The van der Waals surface area contributed by atoms with Gasteiger partial charge in [0, 0.05) is 25.7 Å². The lowest BCUT2D eigenvalue weighted by Gasteiger charge is -2.29. The third-order valence-corrected chi connectivity index (χ3v) is 14.3. The van der Waals surface area contributed by atoms with Gasteiger partial charge in [-0.15, -0.1) is 0 Å². The second-order valence-corrected chi connectivity index (χ2v) is 25.7. The summed E-state index contributed by atoms with van der Waals surface area (Å²) >= 11 is 0. The van der Waals surface area contributed by atoms with E-state index < -0.39 is 23.9 Å². The highest BCUT2D eigenvalue weighted by Gasteiger charge is 2.31. The number of ether oxygens (including phenoxy) is 8. The minimum absolute atomic E-state index is 0.273. The third-order valence-electron chi connectivity index (χ3n) is 14.3. The quantitative estimate of drug-likeness (QED) is 0.0330. The number of benzene rings is 4. The maximum atomic E-state index is 13.6. The molecular weight excluding hydrogens is 1010 g/mol. The predicted octanol–water partition coefficient (Wildman–Crippen LogP) is 14.4. The molecule has 5 rings (SSSR count). The first-order valence-electron chi connectivity index (χ1n) is 29.4.